The second kappa shape index (κ2) is 8.27. The smallest absolute Gasteiger partial charge is 0.254 e. The Labute approximate surface area is 143 Å². The predicted octanol–water partition coefficient (Wildman–Crippen LogP) is 3.16. The van der Waals surface area contributed by atoms with Crippen LogP contribution < -0.4 is 0 Å². The molecule has 3 rings (SSSR count). The van der Waals surface area contributed by atoms with Crippen molar-refractivity contribution in [2.75, 3.05) is 39.3 Å². The van der Waals surface area contributed by atoms with Gasteiger partial charge in [0.1, 0.15) is 0 Å². The van der Waals surface area contributed by atoms with E-state index in [0.717, 1.165) is 50.2 Å². The number of ether oxygens (including phenoxy) is 1. The Bertz CT molecular complexity index is 503. The van der Waals surface area contributed by atoms with Crippen LogP contribution in [-0.4, -0.2) is 61.1 Å². The molecule has 0 aromatic carbocycles. The summed E-state index contributed by atoms with van der Waals surface area (Å²) in [5.74, 6) is 0.190. The van der Waals surface area contributed by atoms with Crippen molar-refractivity contribution in [3.05, 3.63) is 21.9 Å². The predicted molar refractivity (Wildman–Crippen MR) is 94.2 cm³/mol. The lowest BCUT2D eigenvalue weighted by molar-refractivity contribution is -0.00123. The minimum absolute atomic E-state index is 0.190. The fraction of sp³-hybridized carbons (Fsp3) is 0.722. The number of aryl methyl sites for hydroxylation is 1. The quantitative estimate of drug-likeness (QED) is 0.828. The molecule has 0 radical (unpaired) electrons. The van der Waals surface area contributed by atoms with Crippen molar-refractivity contribution < 1.29 is 9.53 Å². The van der Waals surface area contributed by atoms with E-state index in [-0.39, 0.29) is 5.91 Å². The van der Waals surface area contributed by atoms with Gasteiger partial charge in [0.2, 0.25) is 0 Å². The van der Waals surface area contributed by atoms with E-state index in [1.807, 2.05) is 22.6 Å². The molecule has 1 amide bonds. The molecule has 0 spiro atoms. The number of nitrogens with zero attached hydrogens (tertiary/aromatic N) is 2. The summed E-state index contributed by atoms with van der Waals surface area (Å²) in [5.41, 5.74) is 1.97. The van der Waals surface area contributed by atoms with E-state index in [2.05, 4.69) is 4.90 Å². The molecular formula is C18H28N2O2S. The third kappa shape index (κ3) is 4.55. The van der Waals surface area contributed by atoms with Gasteiger partial charge in [-0.3, -0.25) is 4.79 Å². The van der Waals surface area contributed by atoms with Crippen LogP contribution in [-0.2, 0) is 4.74 Å². The van der Waals surface area contributed by atoms with Gasteiger partial charge < -0.3 is 14.5 Å². The number of carbonyl (C=O) groups is 1. The summed E-state index contributed by atoms with van der Waals surface area (Å²) < 4.78 is 6.05. The fourth-order valence-electron chi connectivity index (χ4n) is 3.51. The molecule has 2 aliphatic rings. The Hall–Kier alpha value is -0.910. The van der Waals surface area contributed by atoms with Crippen LogP contribution in [0.2, 0.25) is 0 Å². The summed E-state index contributed by atoms with van der Waals surface area (Å²) >= 11 is 1.61. The second-order valence-electron chi connectivity index (χ2n) is 6.73. The van der Waals surface area contributed by atoms with Gasteiger partial charge in [0.05, 0.1) is 18.3 Å². The molecule has 2 saturated heterocycles. The molecule has 0 bridgehead atoms. The number of likely N-dealkylation sites (tertiary alicyclic amines) is 2. The number of hydrogen-bond acceptors (Lipinski definition) is 4. The van der Waals surface area contributed by atoms with Crippen molar-refractivity contribution in [1.82, 2.24) is 9.80 Å². The molecule has 4 nitrogen and oxygen atoms in total. The molecule has 0 saturated carbocycles. The Morgan fingerprint density at radius 2 is 1.91 bits per heavy atom. The highest BCUT2D eigenvalue weighted by Crippen LogP contribution is 2.20. The Kier molecular flexibility index (Phi) is 6.08. The van der Waals surface area contributed by atoms with Gasteiger partial charge in [0.15, 0.2) is 0 Å². The second-order valence-corrected chi connectivity index (χ2v) is 7.48. The van der Waals surface area contributed by atoms with Gasteiger partial charge in [-0.2, -0.15) is 11.3 Å². The van der Waals surface area contributed by atoms with Crippen LogP contribution in [0.15, 0.2) is 10.8 Å². The third-order valence-electron chi connectivity index (χ3n) is 5.02. The first-order chi connectivity index (χ1) is 11.2. The molecule has 2 aliphatic heterocycles. The van der Waals surface area contributed by atoms with Gasteiger partial charge in [-0.15, -0.1) is 0 Å². The molecule has 5 heteroatoms. The summed E-state index contributed by atoms with van der Waals surface area (Å²) in [4.78, 5) is 17.0. The van der Waals surface area contributed by atoms with E-state index >= 15 is 0 Å². The first kappa shape index (κ1) is 16.9. The maximum absolute atomic E-state index is 12.5. The molecule has 128 valence electrons. The van der Waals surface area contributed by atoms with Crippen molar-refractivity contribution in [3.8, 4) is 0 Å². The number of rotatable bonds is 5. The van der Waals surface area contributed by atoms with Crippen LogP contribution in [0.4, 0.5) is 0 Å². The lowest BCUT2D eigenvalue weighted by Gasteiger charge is -2.33. The first-order valence-electron chi connectivity index (χ1n) is 8.90. The maximum Gasteiger partial charge on any atom is 0.254 e. The standard InChI is InChI=1S/C18H28N2O2S/c1-15-13-23-14-17(15)18(21)20-9-5-16(6-10-20)22-12-11-19-7-3-2-4-8-19/h13-14,16H,2-12H2,1H3. The minimum Gasteiger partial charge on any atom is -0.377 e. The molecule has 0 atom stereocenters. The van der Waals surface area contributed by atoms with Crippen LogP contribution in [0.25, 0.3) is 0 Å². The third-order valence-corrected chi connectivity index (χ3v) is 5.89. The van der Waals surface area contributed by atoms with Gasteiger partial charge >= 0.3 is 0 Å². The van der Waals surface area contributed by atoms with Crippen molar-refractivity contribution in [2.45, 2.75) is 45.1 Å². The van der Waals surface area contributed by atoms with Crippen LogP contribution >= 0.6 is 11.3 Å². The molecule has 1 aromatic heterocycles. The number of thiophene rings is 1. The van der Waals surface area contributed by atoms with Crippen LogP contribution in [0.3, 0.4) is 0 Å². The fourth-order valence-corrected chi connectivity index (χ4v) is 4.33. The van der Waals surface area contributed by atoms with Crippen LogP contribution in [0, 0.1) is 6.92 Å². The highest BCUT2D eigenvalue weighted by Gasteiger charge is 2.25. The lowest BCUT2D eigenvalue weighted by atomic mass is 10.1. The Morgan fingerprint density at radius 3 is 2.57 bits per heavy atom. The van der Waals surface area contributed by atoms with E-state index in [0.29, 0.717) is 6.10 Å². The number of amides is 1. The van der Waals surface area contributed by atoms with Crippen LogP contribution in [0.1, 0.15) is 48.0 Å². The van der Waals surface area contributed by atoms with Gasteiger partial charge in [0.25, 0.3) is 5.91 Å². The lowest BCUT2D eigenvalue weighted by Crippen LogP contribution is -2.41. The monoisotopic (exact) mass is 336 g/mol. The van der Waals surface area contributed by atoms with Gasteiger partial charge in [-0.1, -0.05) is 6.42 Å². The molecule has 0 aliphatic carbocycles. The molecule has 1 aromatic rings. The summed E-state index contributed by atoms with van der Waals surface area (Å²) in [6.45, 7) is 8.02. The zero-order valence-corrected chi connectivity index (χ0v) is 14.9. The largest absolute Gasteiger partial charge is 0.377 e. The van der Waals surface area contributed by atoms with Crippen molar-refractivity contribution in [1.29, 1.82) is 0 Å². The molecule has 3 heterocycles. The highest BCUT2D eigenvalue weighted by molar-refractivity contribution is 7.08. The molecular weight excluding hydrogens is 308 g/mol. The van der Waals surface area contributed by atoms with E-state index in [1.54, 1.807) is 11.3 Å². The Morgan fingerprint density at radius 1 is 1.17 bits per heavy atom. The maximum atomic E-state index is 12.5. The average molecular weight is 337 g/mol. The molecule has 0 N–H and O–H groups in total. The first-order valence-corrected chi connectivity index (χ1v) is 9.84. The summed E-state index contributed by atoms with van der Waals surface area (Å²) in [7, 11) is 0. The van der Waals surface area contributed by atoms with E-state index in [4.69, 9.17) is 4.74 Å². The molecule has 2 fully saturated rings. The minimum atomic E-state index is 0.190. The SMILES string of the molecule is Cc1cscc1C(=O)N1CCC(OCCN2CCCCC2)CC1. The molecule has 0 unspecified atom stereocenters. The number of carbonyl (C=O) groups excluding carboxylic acids is 1. The van der Waals surface area contributed by atoms with E-state index in [1.165, 1.54) is 32.4 Å². The summed E-state index contributed by atoms with van der Waals surface area (Å²) in [5, 5.41) is 4.02. The summed E-state index contributed by atoms with van der Waals surface area (Å²) in [6.07, 6.45) is 6.31. The zero-order chi connectivity index (χ0) is 16.1. The van der Waals surface area contributed by atoms with Crippen molar-refractivity contribution >= 4 is 17.2 Å². The van der Waals surface area contributed by atoms with Gasteiger partial charge in [-0.25, -0.2) is 0 Å². The van der Waals surface area contributed by atoms with Gasteiger partial charge in [0, 0.05) is 25.0 Å². The van der Waals surface area contributed by atoms with Crippen molar-refractivity contribution in [3.63, 3.8) is 0 Å². The van der Waals surface area contributed by atoms with Crippen molar-refractivity contribution in [2.24, 2.45) is 0 Å². The summed E-state index contributed by atoms with van der Waals surface area (Å²) in [6, 6.07) is 0. The average Bonchev–Trinajstić information content (AvgIpc) is 3.02. The van der Waals surface area contributed by atoms with E-state index in [9.17, 15) is 4.79 Å². The zero-order valence-electron chi connectivity index (χ0n) is 14.1. The number of piperidine rings is 2. The topological polar surface area (TPSA) is 32.8 Å². The Balaban J connectivity index is 1.37. The van der Waals surface area contributed by atoms with Crippen LogP contribution in [0.5, 0.6) is 0 Å². The normalized spacial score (nSPS) is 20.8. The highest BCUT2D eigenvalue weighted by atomic mass is 32.1. The number of hydrogen-bond donors (Lipinski definition) is 0. The van der Waals surface area contributed by atoms with Gasteiger partial charge in [-0.05, 0) is 56.6 Å². The van der Waals surface area contributed by atoms with E-state index < -0.39 is 0 Å². The molecule has 23 heavy (non-hydrogen) atoms.